The fourth-order valence-electron chi connectivity index (χ4n) is 3.68. The van der Waals surface area contributed by atoms with E-state index in [0.717, 1.165) is 36.6 Å². The van der Waals surface area contributed by atoms with Gasteiger partial charge >= 0.3 is 0 Å². The molecule has 0 spiro atoms. The van der Waals surface area contributed by atoms with Crippen molar-refractivity contribution in [1.82, 2.24) is 9.88 Å². The zero-order chi connectivity index (χ0) is 21.1. The zero-order valence-corrected chi connectivity index (χ0v) is 17.2. The molecule has 4 rings (SSSR count). The number of anilines is 1. The fourth-order valence-corrected chi connectivity index (χ4v) is 4.77. The maximum atomic E-state index is 12.8. The van der Waals surface area contributed by atoms with E-state index in [1.807, 2.05) is 24.3 Å². The van der Waals surface area contributed by atoms with Gasteiger partial charge in [0.1, 0.15) is 5.69 Å². The lowest BCUT2D eigenvalue weighted by atomic mass is 10.0. The molecule has 0 bridgehead atoms. The third-order valence-corrected chi connectivity index (χ3v) is 6.68. The van der Waals surface area contributed by atoms with Crippen LogP contribution in [0.15, 0.2) is 70.5 Å². The Hall–Kier alpha value is -2.97. The van der Waals surface area contributed by atoms with Crippen molar-refractivity contribution in [3.8, 4) is 0 Å². The monoisotopic (exact) mass is 425 g/mol. The van der Waals surface area contributed by atoms with Crippen LogP contribution in [0.5, 0.6) is 0 Å². The summed E-state index contributed by atoms with van der Waals surface area (Å²) in [7, 11) is -3.95. The second-order valence-electron chi connectivity index (χ2n) is 7.44. The summed E-state index contributed by atoms with van der Waals surface area (Å²) in [6.45, 7) is 0.693. The van der Waals surface area contributed by atoms with Crippen molar-refractivity contribution in [3.05, 3.63) is 71.1 Å². The average Bonchev–Trinajstić information content (AvgIpc) is 2.76. The summed E-state index contributed by atoms with van der Waals surface area (Å²) < 4.78 is 29.3. The molecule has 1 atom stereocenters. The van der Waals surface area contributed by atoms with Crippen LogP contribution >= 0.6 is 0 Å². The van der Waals surface area contributed by atoms with E-state index in [1.54, 1.807) is 18.2 Å². The molecule has 7 nitrogen and oxygen atoms in total. The fraction of sp³-hybridized carbons (Fsp3) is 0.273. The molecule has 0 saturated carbocycles. The third kappa shape index (κ3) is 4.29. The van der Waals surface area contributed by atoms with Gasteiger partial charge < -0.3 is 9.88 Å². The van der Waals surface area contributed by atoms with Crippen molar-refractivity contribution in [2.75, 3.05) is 11.3 Å². The molecule has 8 heteroatoms. The minimum Gasteiger partial charge on any atom is -0.307 e. The molecule has 2 heterocycles. The lowest BCUT2D eigenvalue weighted by Crippen LogP contribution is -2.43. The number of hydrogen-bond donors (Lipinski definition) is 2. The number of ketones is 1. The zero-order valence-electron chi connectivity index (χ0n) is 16.4. The minimum absolute atomic E-state index is 0.0680. The number of sulfonamides is 1. The Kier molecular flexibility index (Phi) is 5.69. The van der Waals surface area contributed by atoms with Crippen molar-refractivity contribution < 1.29 is 13.2 Å². The highest BCUT2D eigenvalue weighted by Gasteiger charge is 2.22. The summed E-state index contributed by atoms with van der Waals surface area (Å²) in [5.74, 6) is -0.0775. The smallest absolute Gasteiger partial charge is 0.275 e. The van der Waals surface area contributed by atoms with E-state index >= 15 is 0 Å². The maximum absolute atomic E-state index is 12.8. The number of aromatic nitrogens is 1. The van der Waals surface area contributed by atoms with Crippen molar-refractivity contribution in [1.29, 1.82) is 0 Å². The van der Waals surface area contributed by atoms with Crippen LogP contribution < -0.4 is 15.6 Å². The Bertz CT molecular complexity index is 1240. The second-order valence-corrected chi connectivity index (χ2v) is 9.12. The van der Waals surface area contributed by atoms with Crippen molar-refractivity contribution in [2.45, 2.75) is 36.7 Å². The van der Waals surface area contributed by atoms with E-state index in [-0.39, 0.29) is 29.0 Å². The number of nitrogens with one attached hydrogen (secondary N) is 2. The van der Waals surface area contributed by atoms with Crippen LogP contribution in [-0.4, -0.2) is 31.4 Å². The quantitative estimate of drug-likeness (QED) is 0.633. The summed E-state index contributed by atoms with van der Waals surface area (Å²) in [5.41, 5.74) is -0.638. The number of nitrogens with zero attached hydrogens (tertiary/aromatic N) is 1. The minimum atomic E-state index is -3.95. The first kappa shape index (κ1) is 20.3. The van der Waals surface area contributed by atoms with Gasteiger partial charge in [-0.05, 0) is 54.4 Å². The van der Waals surface area contributed by atoms with Crippen LogP contribution in [0.4, 0.5) is 5.69 Å². The topological polar surface area (TPSA) is 97.3 Å². The molecule has 1 fully saturated rings. The Morgan fingerprint density at radius 2 is 1.87 bits per heavy atom. The lowest BCUT2D eigenvalue weighted by molar-refractivity contribution is -0.122. The van der Waals surface area contributed by atoms with Gasteiger partial charge in [0.2, 0.25) is 0 Å². The first-order valence-electron chi connectivity index (χ1n) is 9.91. The molecular weight excluding hydrogens is 402 g/mol. The molecule has 2 N–H and O–H groups in total. The summed E-state index contributed by atoms with van der Waals surface area (Å²) in [4.78, 5) is 25.3. The molecule has 156 valence electrons. The summed E-state index contributed by atoms with van der Waals surface area (Å²) in [6, 6.07) is 14.9. The molecule has 1 aromatic heterocycles. The Labute approximate surface area is 174 Å². The van der Waals surface area contributed by atoms with E-state index in [2.05, 4.69) is 10.0 Å². The number of fused-ring (bicyclic) bond motifs is 1. The number of benzene rings is 2. The molecule has 1 saturated heterocycles. The van der Waals surface area contributed by atoms with Gasteiger partial charge in [-0.3, -0.25) is 14.3 Å². The number of piperidine rings is 1. The van der Waals surface area contributed by atoms with Gasteiger partial charge in [-0.15, -0.1) is 0 Å². The molecule has 1 unspecified atom stereocenters. The number of hydrogen-bond acceptors (Lipinski definition) is 5. The highest BCUT2D eigenvalue weighted by molar-refractivity contribution is 7.92. The highest BCUT2D eigenvalue weighted by atomic mass is 32.2. The van der Waals surface area contributed by atoms with Crippen molar-refractivity contribution in [3.63, 3.8) is 0 Å². The maximum Gasteiger partial charge on any atom is 0.275 e. The van der Waals surface area contributed by atoms with Crippen LogP contribution in [0.2, 0.25) is 0 Å². The third-order valence-electron chi connectivity index (χ3n) is 5.32. The number of carbonyl (C=O) groups is 1. The first-order chi connectivity index (χ1) is 14.4. The average molecular weight is 426 g/mol. The second kappa shape index (κ2) is 8.41. The molecule has 1 aliphatic rings. The van der Waals surface area contributed by atoms with E-state index in [4.69, 9.17) is 0 Å². The normalized spacial score (nSPS) is 17.0. The summed E-state index contributed by atoms with van der Waals surface area (Å²) >= 11 is 0. The van der Waals surface area contributed by atoms with Crippen LogP contribution in [0.3, 0.4) is 0 Å². The van der Waals surface area contributed by atoms with Gasteiger partial charge in [-0.25, -0.2) is 8.42 Å². The van der Waals surface area contributed by atoms with Gasteiger partial charge in [0.15, 0.2) is 5.78 Å². The molecule has 30 heavy (non-hydrogen) atoms. The largest absolute Gasteiger partial charge is 0.307 e. The molecule has 0 aliphatic carbocycles. The Balaban J connectivity index is 1.57. The van der Waals surface area contributed by atoms with Crippen LogP contribution in [0, 0.1) is 0 Å². The van der Waals surface area contributed by atoms with E-state index in [9.17, 15) is 18.0 Å². The Morgan fingerprint density at radius 1 is 1.07 bits per heavy atom. The number of Topliss-reactive ketones (excluding diaryl/α,β-unsaturated/α-hetero) is 1. The lowest BCUT2D eigenvalue weighted by Gasteiger charge is -2.22. The first-order valence-corrected chi connectivity index (χ1v) is 11.4. The van der Waals surface area contributed by atoms with E-state index < -0.39 is 15.6 Å². The summed E-state index contributed by atoms with van der Waals surface area (Å²) in [6.07, 6.45) is 4.26. The number of carbonyl (C=O) groups excluding carboxylic acids is 1. The van der Waals surface area contributed by atoms with Crippen LogP contribution in [0.1, 0.15) is 19.3 Å². The van der Waals surface area contributed by atoms with E-state index in [1.165, 1.54) is 22.9 Å². The van der Waals surface area contributed by atoms with Gasteiger partial charge in [0, 0.05) is 6.20 Å². The van der Waals surface area contributed by atoms with Gasteiger partial charge in [-0.2, -0.15) is 0 Å². The predicted octanol–water partition coefficient (Wildman–Crippen LogP) is 2.51. The highest BCUT2D eigenvalue weighted by Crippen LogP contribution is 2.20. The number of rotatable bonds is 6. The molecule has 0 radical (unpaired) electrons. The molecule has 3 aromatic rings. The Morgan fingerprint density at radius 3 is 2.63 bits per heavy atom. The molecule has 0 amide bonds. The standard InChI is InChI=1S/C22H23N3O4S/c26-21(19-8-3-4-12-23-19)15-25-13-5-9-20(22(25)27)24-30(28,29)18-11-10-16-6-1-2-7-17(16)14-18/h1-2,5-7,9-11,13-14,19,23-24H,3-4,8,12,15H2. The molecule has 1 aliphatic heterocycles. The van der Waals surface area contributed by atoms with Gasteiger partial charge in [0.05, 0.1) is 17.5 Å². The van der Waals surface area contributed by atoms with Crippen LogP contribution in [-0.2, 0) is 21.4 Å². The predicted molar refractivity (Wildman–Crippen MR) is 116 cm³/mol. The van der Waals surface area contributed by atoms with Gasteiger partial charge in [0.25, 0.3) is 15.6 Å². The molecule has 2 aromatic carbocycles. The summed E-state index contributed by atoms with van der Waals surface area (Å²) in [5, 5.41) is 4.88. The number of pyridine rings is 1. The van der Waals surface area contributed by atoms with Crippen molar-refractivity contribution in [2.24, 2.45) is 0 Å². The SMILES string of the molecule is O=C(Cn1cccc(NS(=O)(=O)c2ccc3ccccc3c2)c1=O)C1CCCCN1. The van der Waals surface area contributed by atoms with E-state index in [0.29, 0.717) is 0 Å². The van der Waals surface area contributed by atoms with Crippen molar-refractivity contribution >= 4 is 32.3 Å². The molecular formula is C22H23N3O4S. The van der Waals surface area contributed by atoms with Gasteiger partial charge in [-0.1, -0.05) is 36.8 Å². The van der Waals surface area contributed by atoms with Crippen LogP contribution in [0.25, 0.3) is 10.8 Å².